The molecule has 110 valence electrons. The summed E-state index contributed by atoms with van der Waals surface area (Å²) < 4.78 is 11.3. The lowest BCUT2D eigenvalue weighted by Crippen LogP contribution is -2.13. The van der Waals surface area contributed by atoms with Crippen LogP contribution in [0.2, 0.25) is 0 Å². The van der Waals surface area contributed by atoms with Crippen molar-refractivity contribution in [1.29, 1.82) is 0 Å². The summed E-state index contributed by atoms with van der Waals surface area (Å²) in [7, 11) is 1.64. The Morgan fingerprint density at radius 3 is 2.33 bits per heavy atom. The molecule has 0 unspecified atom stereocenters. The number of hydrogen-bond donors (Lipinski definition) is 0. The number of para-hydroxylation sites is 1. The zero-order valence-corrected chi connectivity index (χ0v) is 12.8. The van der Waals surface area contributed by atoms with Gasteiger partial charge in [-0.1, -0.05) is 32.9 Å². The van der Waals surface area contributed by atoms with E-state index in [1.54, 1.807) is 19.2 Å². The van der Waals surface area contributed by atoms with E-state index in [9.17, 15) is 4.79 Å². The number of aldehydes is 1. The van der Waals surface area contributed by atoms with Crippen molar-refractivity contribution in [2.75, 3.05) is 7.11 Å². The molecule has 3 nitrogen and oxygen atoms in total. The molecule has 21 heavy (non-hydrogen) atoms. The number of carbonyl (C=O) groups is 1. The summed E-state index contributed by atoms with van der Waals surface area (Å²) in [6, 6.07) is 12.9. The van der Waals surface area contributed by atoms with Gasteiger partial charge in [0.15, 0.2) is 6.29 Å². The molecule has 0 amide bonds. The van der Waals surface area contributed by atoms with Crippen LogP contribution >= 0.6 is 0 Å². The van der Waals surface area contributed by atoms with Crippen LogP contribution in [0.4, 0.5) is 0 Å². The van der Waals surface area contributed by atoms with Crippen molar-refractivity contribution < 1.29 is 14.3 Å². The summed E-state index contributed by atoms with van der Waals surface area (Å²) in [6.07, 6.45) is 0.801. The van der Waals surface area contributed by atoms with E-state index in [4.69, 9.17) is 9.47 Å². The maximum Gasteiger partial charge on any atom is 0.153 e. The minimum absolute atomic E-state index is 0.0972. The van der Waals surface area contributed by atoms with Gasteiger partial charge in [0.25, 0.3) is 0 Å². The molecule has 0 saturated carbocycles. The Bertz CT molecular complexity index is 639. The molecule has 0 spiro atoms. The fourth-order valence-corrected chi connectivity index (χ4v) is 2.10. The maximum atomic E-state index is 11.1. The third-order valence-corrected chi connectivity index (χ3v) is 3.26. The van der Waals surface area contributed by atoms with E-state index in [0.29, 0.717) is 11.3 Å². The first kappa shape index (κ1) is 15.1. The van der Waals surface area contributed by atoms with Gasteiger partial charge in [-0.25, -0.2) is 0 Å². The van der Waals surface area contributed by atoms with E-state index in [1.165, 1.54) is 0 Å². The van der Waals surface area contributed by atoms with Gasteiger partial charge in [-0.3, -0.25) is 4.79 Å². The lowest BCUT2D eigenvalue weighted by atomic mass is 9.86. The molecule has 2 aromatic rings. The summed E-state index contributed by atoms with van der Waals surface area (Å²) >= 11 is 0. The zero-order chi connectivity index (χ0) is 15.5. The molecule has 0 aliphatic rings. The van der Waals surface area contributed by atoms with Crippen LogP contribution in [0.5, 0.6) is 17.2 Å². The summed E-state index contributed by atoms with van der Waals surface area (Å²) in [5, 5.41) is 0. The van der Waals surface area contributed by atoms with E-state index in [0.717, 1.165) is 23.3 Å². The zero-order valence-electron chi connectivity index (χ0n) is 12.8. The molecular formula is C18H20O3. The standard InChI is InChI=1S/C18H20O3/c1-18(2,3)15-11-14(20-4)9-10-17(15)21-16-8-6-5-7-13(16)12-19/h5-12H,1-4H3. The summed E-state index contributed by atoms with van der Waals surface area (Å²) in [4.78, 5) is 11.1. The number of hydrogen-bond acceptors (Lipinski definition) is 3. The Balaban J connectivity index is 2.46. The highest BCUT2D eigenvalue weighted by Crippen LogP contribution is 2.37. The van der Waals surface area contributed by atoms with Crippen LogP contribution in [0.15, 0.2) is 42.5 Å². The number of methoxy groups -OCH3 is 1. The van der Waals surface area contributed by atoms with E-state index in [2.05, 4.69) is 20.8 Å². The molecule has 0 saturated heterocycles. The highest BCUT2D eigenvalue weighted by Gasteiger charge is 2.20. The first-order valence-electron chi connectivity index (χ1n) is 6.86. The van der Waals surface area contributed by atoms with Crippen LogP contribution in [-0.2, 0) is 5.41 Å². The van der Waals surface area contributed by atoms with Crippen molar-refractivity contribution in [3.05, 3.63) is 53.6 Å². The van der Waals surface area contributed by atoms with E-state index >= 15 is 0 Å². The van der Waals surface area contributed by atoms with Gasteiger partial charge in [0.1, 0.15) is 17.2 Å². The Morgan fingerprint density at radius 2 is 1.71 bits per heavy atom. The highest BCUT2D eigenvalue weighted by atomic mass is 16.5. The third kappa shape index (κ3) is 3.43. The molecule has 0 N–H and O–H groups in total. The van der Waals surface area contributed by atoms with Crippen molar-refractivity contribution >= 4 is 6.29 Å². The molecule has 0 bridgehead atoms. The second-order valence-electron chi connectivity index (χ2n) is 5.87. The van der Waals surface area contributed by atoms with Crippen LogP contribution in [0, 0.1) is 0 Å². The Kier molecular flexibility index (Phi) is 4.32. The first-order chi connectivity index (χ1) is 9.95. The molecule has 0 aliphatic heterocycles. The van der Waals surface area contributed by atoms with Crippen molar-refractivity contribution in [3.63, 3.8) is 0 Å². The molecule has 2 rings (SSSR count). The van der Waals surface area contributed by atoms with Crippen LogP contribution < -0.4 is 9.47 Å². The number of ether oxygens (including phenoxy) is 2. The van der Waals surface area contributed by atoms with Gasteiger partial charge < -0.3 is 9.47 Å². The number of benzene rings is 2. The topological polar surface area (TPSA) is 35.5 Å². The molecule has 3 heteroatoms. The number of carbonyl (C=O) groups excluding carboxylic acids is 1. The first-order valence-corrected chi connectivity index (χ1v) is 6.86. The normalized spacial score (nSPS) is 11.0. The molecule has 0 fully saturated rings. The summed E-state index contributed by atoms with van der Waals surface area (Å²) in [6.45, 7) is 6.33. The minimum atomic E-state index is -0.0972. The fourth-order valence-electron chi connectivity index (χ4n) is 2.10. The van der Waals surface area contributed by atoms with Gasteiger partial charge in [0, 0.05) is 5.56 Å². The van der Waals surface area contributed by atoms with Gasteiger partial charge >= 0.3 is 0 Å². The summed E-state index contributed by atoms with van der Waals surface area (Å²) in [5.41, 5.74) is 1.47. The van der Waals surface area contributed by atoms with Crippen LogP contribution in [0.25, 0.3) is 0 Å². The van der Waals surface area contributed by atoms with Gasteiger partial charge in [-0.2, -0.15) is 0 Å². The molecule has 0 aliphatic carbocycles. The average molecular weight is 284 g/mol. The van der Waals surface area contributed by atoms with Crippen molar-refractivity contribution in [2.24, 2.45) is 0 Å². The van der Waals surface area contributed by atoms with E-state index < -0.39 is 0 Å². The third-order valence-electron chi connectivity index (χ3n) is 3.26. The fraction of sp³-hybridized carbons (Fsp3) is 0.278. The minimum Gasteiger partial charge on any atom is -0.497 e. The quantitative estimate of drug-likeness (QED) is 0.770. The van der Waals surface area contributed by atoms with E-state index in [-0.39, 0.29) is 5.41 Å². The molecule has 2 aromatic carbocycles. The molecule has 0 atom stereocenters. The smallest absolute Gasteiger partial charge is 0.153 e. The second kappa shape index (κ2) is 6.00. The second-order valence-corrected chi connectivity index (χ2v) is 5.87. The monoisotopic (exact) mass is 284 g/mol. The largest absolute Gasteiger partial charge is 0.497 e. The lowest BCUT2D eigenvalue weighted by Gasteiger charge is -2.23. The lowest BCUT2D eigenvalue weighted by molar-refractivity contribution is 0.112. The van der Waals surface area contributed by atoms with Gasteiger partial charge in [0.05, 0.1) is 12.7 Å². The van der Waals surface area contributed by atoms with Crippen molar-refractivity contribution in [1.82, 2.24) is 0 Å². The van der Waals surface area contributed by atoms with Gasteiger partial charge in [-0.05, 0) is 35.7 Å². The number of rotatable bonds is 4. The average Bonchev–Trinajstić information content (AvgIpc) is 2.47. The Labute approximate surface area is 125 Å². The maximum absolute atomic E-state index is 11.1. The molecule has 0 radical (unpaired) electrons. The van der Waals surface area contributed by atoms with Crippen molar-refractivity contribution in [2.45, 2.75) is 26.2 Å². The molecule has 0 aromatic heterocycles. The van der Waals surface area contributed by atoms with Crippen LogP contribution in [0.3, 0.4) is 0 Å². The predicted molar refractivity (Wildman–Crippen MR) is 83.6 cm³/mol. The van der Waals surface area contributed by atoms with Crippen molar-refractivity contribution in [3.8, 4) is 17.2 Å². The van der Waals surface area contributed by atoms with Gasteiger partial charge in [0.2, 0.25) is 0 Å². The van der Waals surface area contributed by atoms with Crippen LogP contribution in [0.1, 0.15) is 36.7 Å². The predicted octanol–water partition coefficient (Wildman–Crippen LogP) is 4.60. The highest BCUT2D eigenvalue weighted by molar-refractivity contribution is 5.79. The SMILES string of the molecule is COc1ccc(Oc2ccccc2C=O)c(C(C)(C)C)c1. The molecule has 0 heterocycles. The molecular weight excluding hydrogens is 264 g/mol. The Hall–Kier alpha value is -2.29. The van der Waals surface area contributed by atoms with Crippen LogP contribution in [-0.4, -0.2) is 13.4 Å². The Morgan fingerprint density at radius 1 is 1.00 bits per heavy atom. The van der Waals surface area contributed by atoms with Gasteiger partial charge in [-0.15, -0.1) is 0 Å². The summed E-state index contributed by atoms with van der Waals surface area (Å²) in [5.74, 6) is 2.08. The van der Waals surface area contributed by atoms with E-state index in [1.807, 2.05) is 30.3 Å².